The number of carbonyl (C=O) groups excluding carboxylic acids is 1. The number of fused-ring (bicyclic) bond motifs is 1. The van der Waals surface area contributed by atoms with Gasteiger partial charge in [-0.1, -0.05) is 17.7 Å². The summed E-state index contributed by atoms with van der Waals surface area (Å²) in [6.45, 7) is 4.39. The average Bonchev–Trinajstić information content (AvgIpc) is 2.93. The standard InChI is InChI=1S/C28H30ClN6O3/c1-17(18-9-12-31-13-10-18)38-21-6-7-22-24(15-21)34-28(26(30)36)35-27(22)33-19-5-8-25(23(29)14-19)37-16-20-4-2-3-11-32-20/h2-5,7-8,11,14-15,17-18,27,31,33H,9-10,12-13,16H2,1H3,(H2,30,36)(H,34,35). The van der Waals surface area contributed by atoms with Gasteiger partial charge in [-0.3, -0.25) is 9.78 Å². The topological polar surface area (TPSA) is 123 Å². The Balaban J connectivity index is 1.31. The van der Waals surface area contributed by atoms with Crippen molar-refractivity contribution in [3.8, 4) is 11.5 Å². The van der Waals surface area contributed by atoms with Crippen molar-refractivity contribution in [3.63, 3.8) is 0 Å². The van der Waals surface area contributed by atoms with Crippen molar-refractivity contribution in [2.24, 2.45) is 16.6 Å². The molecule has 38 heavy (non-hydrogen) atoms. The van der Waals surface area contributed by atoms with Crippen LogP contribution in [0.15, 0.2) is 59.7 Å². The van der Waals surface area contributed by atoms with E-state index in [9.17, 15) is 4.79 Å². The number of nitrogens with zero attached hydrogens (tertiary/aromatic N) is 2. The maximum atomic E-state index is 12.0. The van der Waals surface area contributed by atoms with E-state index < -0.39 is 12.1 Å². The van der Waals surface area contributed by atoms with E-state index in [0.717, 1.165) is 37.2 Å². The molecule has 1 fully saturated rings. The van der Waals surface area contributed by atoms with Crippen LogP contribution in [-0.4, -0.2) is 35.9 Å². The summed E-state index contributed by atoms with van der Waals surface area (Å²) in [6.07, 6.45) is 3.33. The van der Waals surface area contributed by atoms with Crippen LogP contribution in [-0.2, 0) is 11.4 Å². The minimum Gasteiger partial charge on any atom is -0.490 e. The number of amidine groups is 1. The Morgan fingerprint density at radius 2 is 2.11 bits per heavy atom. The molecule has 2 aliphatic heterocycles. The maximum absolute atomic E-state index is 12.0. The quantitative estimate of drug-likeness (QED) is 0.323. The van der Waals surface area contributed by atoms with Gasteiger partial charge in [-0.15, -0.1) is 0 Å². The van der Waals surface area contributed by atoms with Crippen LogP contribution >= 0.6 is 11.6 Å². The van der Waals surface area contributed by atoms with E-state index in [1.54, 1.807) is 18.3 Å². The van der Waals surface area contributed by atoms with E-state index in [0.29, 0.717) is 40.4 Å². The molecule has 1 radical (unpaired) electrons. The molecule has 1 amide bonds. The van der Waals surface area contributed by atoms with E-state index in [2.05, 4.69) is 38.9 Å². The minimum absolute atomic E-state index is 0.0498. The van der Waals surface area contributed by atoms with Crippen molar-refractivity contribution < 1.29 is 14.3 Å². The van der Waals surface area contributed by atoms with Crippen molar-refractivity contribution in [2.75, 3.05) is 23.7 Å². The monoisotopic (exact) mass is 533 g/mol. The molecule has 197 valence electrons. The first-order valence-corrected chi connectivity index (χ1v) is 13.0. The molecule has 0 bridgehead atoms. The van der Waals surface area contributed by atoms with E-state index in [4.69, 9.17) is 26.8 Å². The number of amides is 1. The molecule has 2 aliphatic rings. The molecule has 3 heterocycles. The summed E-state index contributed by atoms with van der Waals surface area (Å²) >= 11 is 6.49. The third kappa shape index (κ3) is 6.17. The predicted octanol–water partition coefficient (Wildman–Crippen LogP) is 4.30. The van der Waals surface area contributed by atoms with Gasteiger partial charge in [0.1, 0.15) is 24.3 Å². The Bertz CT molecular complexity index is 1310. The van der Waals surface area contributed by atoms with Crippen LogP contribution in [0, 0.1) is 12.0 Å². The lowest BCUT2D eigenvalue weighted by atomic mass is 9.93. The predicted molar refractivity (Wildman–Crippen MR) is 148 cm³/mol. The molecule has 1 aromatic heterocycles. The molecule has 5 N–H and O–H groups in total. The molecule has 3 aromatic rings. The second kappa shape index (κ2) is 11.7. The van der Waals surface area contributed by atoms with Crippen molar-refractivity contribution in [1.82, 2.24) is 10.3 Å². The van der Waals surface area contributed by atoms with Gasteiger partial charge in [0, 0.05) is 29.6 Å². The minimum atomic E-state index is -0.655. The number of pyridine rings is 1. The zero-order valence-electron chi connectivity index (χ0n) is 21.0. The SMILES string of the molecule is CC(Oc1[c]cc2c(c1)NC(C(N)=O)=NC2Nc1ccc(OCc2ccccn2)c(Cl)c1)C1CCNCC1. The summed E-state index contributed by atoms with van der Waals surface area (Å²) in [6, 6.07) is 17.9. The van der Waals surface area contributed by atoms with E-state index in [1.165, 1.54) is 0 Å². The highest BCUT2D eigenvalue weighted by atomic mass is 35.5. The Labute approximate surface area is 226 Å². The highest BCUT2D eigenvalue weighted by Gasteiger charge is 2.26. The van der Waals surface area contributed by atoms with Crippen molar-refractivity contribution in [3.05, 3.63) is 77.1 Å². The number of nitrogens with two attached hydrogens (primary N) is 1. The highest BCUT2D eigenvalue weighted by Crippen LogP contribution is 2.36. The Morgan fingerprint density at radius 1 is 1.26 bits per heavy atom. The van der Waals surface area contributed by atoms with E-state index >= 15 is 0 Å². The number of halogens is 1. The van der Waals surface area contributed by atoms with Crippen LogP contribution in [0.4, 0.5) is 11.4 Å². The van der Waals surface area contributed by atoms with Gasteiger partial charge >= 0.3 is 0 Å². The molecule has 9 nitrogen and oxygen atoms in total. The molecule has 2 atom stereocenters. The first-order chi connectivity index (χ1) is 18.5. The molecular weight excluding hydrogens is 504 g/mol. The lowest BCUT2D eigenvalue weighted by molar-refractivity contribution is -0.112. The largest absolute Gasteiger partial charge is 0.490 e. The number of piperidine rings is 1. The summed E-state index contributed by atoms with van der Waals surface area (Å²) in [5, 5.41) is 10.2. The van der Waals surface area contributed by atoms with Gasteiger partial charge in [-0.05, 0) is 75.2 Å². The Kier molecular flexibility index (Phi) is 7.95. The molecule has 0 spiro atoms. The third-order valence-electron chi connectivity index (χ3n) is 6.69. The number of aromatic nitrogens is 1. The summed E-state index contributed by atoms with van der Waals surface area (Å²) in [4.78, 5) is 20.8. The van der Waals surface area contributed by atoms with Gasteiger partial charge in [0.05, 0.1) is 22.5 Å². The van der Waals surface area contributed by atoms with E-state index in [1.807, 2.05) is 36.4 Å². The lowest BCUT2D eigenvalue weighted by Crippen LogP contribution is -2.35. The van der Waals surface area contributed by atoms with Gasteiger partial charge in [0.15, 0.2) is 5.84 Å². The van der Waals surface area contributed by atoms with Crippen molar-refractivity contribution in [2.45, 2.75) is 38.6 Å². The highest BCUT2D eigenvalue weighted by molar-refractivity contribution is 6.42. The second-order valence-electron chi connectivity index (χ2n) is 9.35. The third-order valence-corrected chi connectivity index (χ3v) is 6.99. The number of nitrogens with one attached hydrogen (secondary N) is 3. The number of primary amides is 1. The summed E-state index contributed by atoms with van der Waals surface area (Å²) in [7, 11) is 0. The molecule has 2 aromatic carbocycles. The van der Waals surface area contributed by atoms with Gasteiger partial charge in [-0.25, -0.2) is 4.99 Å². The second-order valence-corrected chi connectivity index (χ2v) is 9.75. The molecule has 2 unspecified atom stereocenters. The number of ether oxygens (including phenoxy) is 2. The number of anilines is 2. The molecule has 10 heteroatoms. The smallest absolute Gasteiger partial charge is 0.284 e. The van der Waals surface area contributed by atoms with Crippen LogP contribution in [0.1, 0.15) is 37.2 Å². The first kappa shape index (κ1) is 25.8. The van der Waals surface area contributed by atoms with Crippen molar-refractivity contribution >= 4 is 34.7 Å². The number of aliphatic imine (C=N–C) groups is 1. The molecule has 1 saturated heterocycles. The summed E-state index contributed by atoms with van der Waals surface area (Å²) in [5.74, 6) is 1.01. The van der Waals surface area contributed by atoms with Gasteiger partial charge in [0.25, 0.3) is 5.91 Å². The number of benzene rings is 2. The van der Waals surface area contributed by atoms with Crippen LogP contribution in [0.25, 0.3) is 0 Å². The van der Waals surface area contributed by atoms with Crippen LogP contribution in [0.2, 0.25) is 5.02 Å². The first-order valence-electron chi connectivity index (χ1n) is 12.6. The maximum Gasteiger partial charge on any atom is 0.284 e. The normalized spacial score (nSPS) is 17.9. The number of hydrogen-bond donors (Lipinski definition) is 4. The van der Waals surface area contributed by atoms with E-state index in [-0.39, 0.29) is 11.9 Å². The molecule has 5 rings (SSSR count). The molecule has 0 aliphatic carbocycles. The molecule has 0 saturated carbocycles. The summed E-state index contributed by atoms with van der Waals surface area (Å²) < 4.78 is 12.0. The van der Waals surface area contributed by atoms with Crippen LogP contribution in [0.5, 0.6) is 11.5 Å². The lowest BCUT2D eigenvalue weighted by Gasteiger charge is -2.29. The van der Waals surface area contributed by atoms with Crippen LogP contribution in [0.3, 0.4) is 0 Å². The fraction of sp³-hybridized carbons (Fsp3) is 0.321. The number of rotatable bonds is 9. The van der Waals surface area contributed by atoms with Crippen molar-refractivity contribution in [1.29, 1.82) is 0 Å². The van der Waals surface area contributed by atoms with Gasteiger partial charge in [-0.2, -0.15) is 0 Å². The Hall–Kier alpha value is -3.82. The van der Waals surface area contributed by atoms with Gasteiger partial charge < -0.3 is 31.2 Å². The van der Waals surface area contributed by atoms with Gasteiger partial charge in [0.2, 0.25) is 0 Å². The Morgan fingerprint density at radius 3 is 2.84 bits per heavy atom. The zero-order valence-corrected chi connectivity index (χ0v) is 21.8. The average molecular weight is 534 g/mol. The number of hydrogen-bond acceptors (Lipinski definition) is 8. The zero-order chi connectivity index (χ0) is 26.5. The summed E-state index contributed by atoms with van der Waals surface area (Å²) in [5.41, 5.74) is 8.55. The van der Waals surface area contributed by atoms with Crippen LogP contribution < -0.4 is 31.2 Å². The number of carbonyl (C=O) groups is 1. The molecular formula is C28H30ClN6O3. The fourth-order valence-corrected chi connectivity index (χ4v) is 4.82. The fourth-order valence-electron chi connectivity index (χ4n) is 4.59.